The quantitative estimate of drug-likeness (QED) is 0.0216. The molecule has 71 heavy (non-hydrogen) atoms. The van der Waals surface area contributed by atoms with Gasteiger partial charge in [0, 0.05) is 61.9 Å². The van der Waals surface area contributed by atoms with Gasteiger partial charge in [-0.1, -0.05) is 60.5 Å². The van der Waals surface area contributed by atoms with Gasteiger partial charge in [-0.2, -0.15) is 5.26 Å². The van der Waals surface area contributed by atoms with E-state index in [-0.39, 0.29) is 94.6 Å². The van der Waals surface area contributed by atoms with Gasteiger partial charge >= 0.3 is 6.09 Å². The summed E-state index contributed by atoms with van der Waals surface area (Å²) < 4.78 is 26.2. The third kappa shape index (κ3) is 12.5. The van der Waals surface area contributed by atoms with Crippen molar-refractivity contribution < 1.29 is 53.6 Å². The molecule has 1 aliphatic heterocycles. The molecule has 17 heteroatoms. The van der Waals surface area contributed by atoms with Crippen molar-refractivity contribution in [3.63, 3.8) is 0 Å². The highest BCUT2D eigenvalue weighted by molar-refractivity contribution is 6.03. The number of aliphatic hydroxyl groups excluding tert-OH is 3. The van der Waals surface area contributed by atoms with E-state index in [9.17, 15) is 35.5 Å². The molecule has 0 aromatic heterocycles. The number of unbranched alkanes of at least 4 members (excludes halogenated alkanes) is 2. The van der Waals surface area contributed by atoms with Crippen LogP contribution in [-0.2, 0) is 27.5 Å². The number of benzene rings is 4. The number of hydrogen-bond acceptors (Lipinski definition) is 14. The van der Waals surface area contributed by atoms with Crippen LogP contribution < -0.4 is 14.8 Å². The maximum atomic E-state index is 15.2. The number of oxime groups is 1. The van der Waals surface area contributed by atoms with E-state index in [1.807, 2.05) is 36.4 Å². The molecular formula is C54H61N5O12. The van der Waals surface area contributed by atoms with Crippen LogP contribution in [0.2, 0.25) is 0 Å². The molecule has 0 spiro atoms. The SMILES string of the molecule is C=CCO[C@@]12Oc3ccc(OC(=O)NCc4ccccc4)cc3[C@H]3[C@H](CCCCO)[C@@H](CCCCO)C=C(C(=NOCc4ccc([N+](=O)[O-])cc4)C[C@@H]1N(CCOCCO)C(=O)c1ccc(C#N)cc1)[C@H]32. The number of nitrogens with one attached hydrogen (secondary N) is 1. The highest BCUT2D eigenvalue weighted by Crippen LogP contribution is 2.62. The second-order valence-corrected chi connectivity index (χ2v) is 17.7. The lowest BCUT2D eigenvalue weighted by molar-refractivity contribution is -0.384. The minimum Gasteiger partial charge on any atom is -0.459 e. The fourth-order valence-electron chi connectivity index (χ4n) is 10.1. The van der Waals surface area contributed by atoms with Crippen molar-refractivity contribution in [1.82, 2.24) is 10.2 Å². The fourth-order valence-corrected chi connectivity index (χ4v) is 10.1. The molecule has 0 unspecified atom stereocenters. The minimum atomic E-state index is -1.64. The fraction of sp³-hybridized carbons (Fsp3) is 0.407. The van der Waals surface area contributed by atoms with Gasteiger partial charge in [0.1, 0.15) is 24.1 Å². The average molecular weight is 972 g/mol. The maximum Gasteiger partial charge on any atom is 0.412 e. The molecule has 0 saturated heterocycles. The first-order valence-corrected chi connectivity index (χ1v) is 24.1. The largest absolute Gasteiger partial charge is 0.459 e. The van der Waals surface area contributed by atoms with Gasteiger partial charge < -0.3 is 49.3 Å². The lowest BCUT2D eigenvalue weighted by atomic mass is 9.55. The lowest BCUT2D eigenvalue weighted by Gasteiger charge is -2.60. The number of nitriles is 1. The Bertz CT molecular complexity index is 2550. The first-order valence-electron chi connectivity index (χ1n) is 24.1. The summed E-state index contributed by atoms with van der Waals surface area (Å²) in [6.45, 7) is 4.05. The second kappa shape index (κ2) is 25.3. The van der Waals surface area contributed by atoms with E-state index in [2.05, 4.69) is 24.0 Å². The molecule has 0 radical (unpaired) electrons. The Hall–Kier alpha value is -6.94. The molecule has 6 atom stereocenters. The van der Waals surface area contributed by atoms with Gasteiger partial charge in [-0.25, -0.2) is 4.79 Å². The zero-order valence-corrected chi connectivity index (χ0v) is 39.6. The normalized spacial score (nSPS) is 21.4. The van der Waals surface area contributed by atoms with E-state index in [0.29, 0.717) is 61.1 Å². The van der Waals surface area contributed by atoms with Crippen molar-refractivity contribution in [3.8, 4) is 17.6 Å². The first kappa shape index (κ1) is 51.9. The number of allylic oxidation sites excluding steroid dienone is 1. The number of non-ortho nitro benzene ring substituents is 1. The van der Waals surface area contributed by atoms with Crippen molar-refractivity contribution in [2.75, 3.05) is 46.2 Å². The van der Waals surface area contributed by atoms with E-state index >= 15 is 4.79 Å². The van der Waals surface area contributed by atoms with Gasteiger partial charge in [-0.15, -0.1) is 6.58 Å². The van der Waals surface area contributed by atoms with E-state index < -0.39 is 40.6 Å². The topological polar surface area (TPSA) is 236 Å². The molecule has 1 saturated carbocycles. The van der Waals surface area contributed by atoms with Gasteiger partial charge in [-0.3, -0.25) is 14.9 Å². The summed E-state index contributed by atoms with van der Waals surface area (Å²) in [6, 6.07) is 28.1. The van der Waals surface area contributed by atoms with Crippen LogP contribution in [0.3, 0.4) is 0 Å². The molecule has 17 nitrogen and oxygen atoms in total. The van der Waals surface area contributed by atoms with Crippen molar-refractivity contribution in [2.45, 2.75) is 75.8 Å². The van der Waals surface area contributed by atoms with Crippen LogP contribution in [0.5, 0.6) is 11.5 Å². The summed E-state index contributed by atoms with van der Waals surface area (Å²) in [5.74, 6) is -2.74. The molecule has 2 amide bonds. The number of nitro benzene ring substituents is 1. The molecule has 2 aliphatic carbocycles. The molecule has 374 valence electrons. The first-order chi connectivity index (χ1) is 34.6. The predicted octanol–water partition coefficient (Wildman–Crippen LogP) is 7.74. The minimum absolute atomic E-state index is 0.00322. The number of ether oxygens (including phenoxy) is 4. The Labute approximate surface area is 413 Å². The monoisotopic (exact) mass is 971 g/mol. The van der Waals surface area contributed by atoms with Crippen LogP contribution in [0.15, 0.2) is 127 Å². The summed E-state index contributed by atoms with van der Waals surface area (Å²) in [6.07, 6.45) is 7.05. The van der Waals surface area contributed by atoms with E-state index in [1.54, 1.807) is 59.5 Å². The second-order valence-electron chi connectivity index (χ2n) is 17.7. The number of nitro groups is 1. The van der Waals surface area contributed by atoms with Crippen LogP contribution in [0.1, 0.15) is 83.5 Å². The van der Waals surface area contributed by atoms with Crippen LogP contribution in [0.4, 0.5) is 10.5 Å². The average Bonchev–Trinajstić information content (AvgIpc) is 3.39. The standard InChI is InChI=1S/C54H61N5O12/c1-2-28-68-54-49(58(24-29-67-30-27-62)52(63)40-18-14-37(34-55)15-19-40)33-47(57-69-36-39-16-20-42(21-17-39)59(65)66)45-31-41(12-6-8-25-60)44(13-7-9-26-61)50(51(45)54)46-32-43(22-23-48(46)71-54)70-53(64)56-35-38-10-4-3-5-11-38/h2-5,10-11,14-23,31-32,41,44,49-51,60-62H,1,6-9,12-13,24-30,33,35-36H2,(H,56,64)/t41-,44+,49-,50+,51+,54+/m0/s1. The Morgan fingerprint density at radius 2 is 1.69 bits per heavy atom. The van der Waals surface area contributed by atoms with Gasteiger partial charge in [0.15, 0.2) is 0 Å². The smallest absolute Gasteiger partial charge is 0.412 e. The van der Waals surface area contributed by atoms with E-state index in [1.165, 1.54) is 12.1 Å². The van der Waals surface area contributed by atoms with Gasteiger partial charge in [-0.05, 0) is 109 Å². The molecule has 1 heterocycles. The number of fused-ring (bicyclic) bond motifs is 2. The molecular weight excluding hydrogens is 911 g/mol. The molecule has 4 N–H and O–H groups in total. The predicted molar refractivity (Wildman–Crippen MR) is 262 cm³/mol. The Morgan fingerprint density at radius 1 is 0.944 bits per heavy atom. The molecule has 0 bridgehead atoms. The molecule has 4 aromatic carbocycles. The number of aliphatic hydroxyl groups is 3. The van der Waals surface area contributed by atoms with Crippen LogP contribution in [0.25, 0.3) is 0 Å². The molecule has 3 aliphatic rings. The van der Waals surface area contributed by atoms with Crippen molar-refractivity contribution in [2.24, 2.45) is 22.9 Å². The molecule has 7 rings (SSSR count). The van der Waals surface area contributed by atoms with Crippen molar-refractivity contribution in [3.05, 3.63) is 159 Å². The van der Waals surface area contributed by atoms with Crippen LogP contribution in [-0.4, -0.2) is 101 Å². The summed E-state index contributed by atoms with van der Waals surface area (Å²) >= 11 is 0. The zero-order chi connectivity index (χ0) is 50.2. The van der Waals surface area contributed by atoms with Gasteiger partial charge in [0.25, 0.3) is 11.6 Å². The summed E-state index contributed by atoms with van der Waals surface area (Å²) in [5, 5.41) is 58.4. The summed E-state index contributed by atoms with van der Waals surface area (Å²) in [4.78, 5) is 47.3. The highest BCUT2D eigenvalue weighted by atomic mass is 16.7. The zero-order valence-electron chi connectivity index (χ0n) is 39.6. The molecule has 1 fully saturated rings. The number of carbonyl (C=O) groups is 2. The number of rotatable bonds is 25. The Kier molecular flexibility index (Phi) is 18.5. The number of carbonyl (C=O) groups excluding carboxylic acids is 2. The maximum absolute atomic E-state index is 15.2. The van der Waals surface area contributed by atoms with Crippen molar-refractivity contribution in [1.29, 1.82) is 5.26 Å². The van der Waals surface area contributed by atoms with Crippen LogP contribution in [0, 0.1) is 39.2 Å². The van der Waals surface area contributed by atoms with E-state index in [4.69, 9.17) is 28.9 Å². The third-order valence-electron chi connectivity index (χ3n) is 13.3. The van der Waals surface area contributed by atoms with Gasteiger partial charge in [0.05, 0.1) is 54.6 Å². The Balaban J connectivity index is 1.41. The van der Waals surface area contributed by atoms with E-state index in [0.717, 1.165) is 16.7 Å². The highest BCUT2D eigenvalue weighted by Gasteiger charge is 2.65. The number of amides is 2. The Morgan fingerprint density at radius 3 is 2.38 bits per heavy atom. The number of hydrogen-bond donors (Lipinski definition) is 4. The van der Waals surface area contributed by atoms with Crippen LogP contribution >= 0.6 is 0 Å². The summed E-state index contributed by atoms with van der Waals surface area (Å²) in [5.41, 5.74) is 4.10. The van der Waals surface area contributed by atoms with Gasteiger partial charge in [0.2, 0.25) is 5.79 Å². The lowest BCUT2D eigenvalue weighted by Crippen LogP contribution is -2.70. The number of nitrogens with zero attached hydrogens (tertiary/aromatic N) is 4. The molecule has 4 aromatic rings. The third-order valence-corrected chi connectivity index (χ3v) is 13.3. The van der Waals surface area contributed by atoms with Crippen molar-refractivity contribution >= 4 is 23.4 Å². The summed E-state index contributed by atoms with van der Waals surface area (Å²) in [7, 11) is 0.